The quantitative estimate of drug-likeness (QED) is 0.747. The van der Waals surface area contributed by atoms with Gasteiger partial charge in [-0.15, -0.1) is 0 Å². The van der Waals surface area contributed by atoms with Crippen LogP contribution in [0.5, 0.6) is 0 Å². The summed E-state index contributed by atoms with van der Waals surface area (Å²) >= 11 is 0. The maximum absolute atomic E-state index is 5.81. The van der Waals surface area contributed by atoms with Gasteiger partial charge in [-0.3, -0.25) is 0 Å². The Morgan fingerprint density at radius 2 is 1.60 bits per heavy atom. The molecule has 2 rings (SSSR count). The largest absolute Gasteiger partial charge is 0.330 e. The molecule has 15 heavy (non-hydrogen) atoms. The Bertz CT molecular complexity index is 175. The van der Waals surface area contributed by atoms with Crippen LogP contribution in [0, 0.1) is 11.8 Å². The highest BCUT2D eigenvalue weighted by atomic mass is 14.9. The minimum atomic E-state index is 0.807. The maximum atomic E-state index is 5.81. The van der Waals surface area contributed by atoms with E-state index in [-0.39, 0.29) is 0 Å². The Labute approximate surface area is 94.0 Å². The van der Waals surface area contributed by atoms with Crippen LogP contribution in [0.15, 0.2) is 0 Å². The third-order valence-corrected chi connectivity index (χ3v) is 4.39. The average molecular weight is 210 g/mol. The topological polar surface area (TPSA) is 38.0 Å². The van der Waals surface area contributed by atoms with Crippen molar-refractivity contribution in [3.63, 3.8) is 0 Å². The third kappa shape index (κ3) is 3.18. The fourth-order valence-corrected chi connectivity index (χ4v) is 3.32. The van der Waals surface area contributed by atoms with Crippen molar-refractivity contribution in [3.8, 4) is 0 Å². The summed E-state index contributed by atoms with van der Waals surface area (Å²) in [4.78, 5) is 0. The lowest BCUT2D eigenvalue weighted by Crippen LogP contribution is -2.36. The Balaban J connectivity index is 1.67. The van der Waals surface area contributed by atoms with E-state index in [0.717, 1.165) is 24.4 Å². The fraction of sp³-hybridized carbons (Fsp3) is 1.00. The zero-order valence-electron chi connectivity index (χ0n) is 9.88. The first-order valence-corrected chi connectivity index (χ1v) is 6.83. The third-order valence-electron chi connectivity index (χ3n) is 4.39. The van der Waals surface area contributed by atoms with Crippen LogP contribution >= 0.6 is 0 Å². The zero-order chi connectivity index (χ0) is 10.5. The van der Waals surface area contributed by atoms with Crippen molar-refractivity contribution in [2.75, 3.05) is 13.1 Å². The normalized spacial score (nSPS) is 33.4. The van der Waals surface area contributed by atoms with Crippen molar-refractivity contribution in [1.29, 1.82) is 0 Å². The molecular weight excluding hydrogens is 184 g/mol. The van der Waals surface area contributed by atoms with Gasteiger partial charge < -0.3 is 11.1 Å². The number of nitrogens with two attached hydrogens (primary N) is 1. The second-order valence-electron chi connectivity index (χ2n) is 5.43. The molecule has 0 aromatic heterocycles. The van der Waals surface area contributed by atoms with Gasteiger partial charge in [-0.2, -0.15) is 0 Å². The van der Waals surface area contributed by atoms with Crippen molar-refractivity contribution in [2.24, 2.45) is 17.6 Å². The van der Waals surface area contributed by atoms with Gasteiger partial charge in [0, 0.05) is 6.04 Å². The predicted molar refractivity (Wildman–Crippen MR) is 64.8 cm³/mol. The molecule has 2 aliphatic carbocycles. The van der Waals surface area contributed by atoms with Gasteiger partial charge in [-0.25, -0.2) is 0 Å². The summed E-state index contributed by atoms with van der Waals surface area (Å²) in [6.45, 7) is 2.13. The van der Waals surface area contributed by atoms with Crippen LogP contribution in [-0.4, -0.2) is 19.1 Å². The van der Waals surface area contributed by atoms with Crippen LogP contribution in [0.25, 0.3) is 0 Å². The molecule has 0 aliphatic heterocycles. The van der Waals surface area contributed by atoms with Crippen LogP contribution in [0.3, 0.4) is 0 Å². The first-order valence-electron chi connectivity index (χ1n) is 6.83. The summed E-state index contributed by atoms with van der Waals surface area (Å²) in [6, 6.07) is 0.817. The van der Waals surface area contributed by atoms with Crippen LogP contribution in [0.4, 0.5) is 0 Å². The summed E-state index contributed by atoms with van der Waals surface area (Å²) in [5.74, 6) is 1.68. The maximum Gasteiger partial charge on any atom is 0.00671 e. The summed E-state index contributed by atoms with van der Waals surface area (Å²) in [7, 11) is 0. The van der Waals surface area contributed by atoms with Gasteiger partial charge in [0.2, 0.25) is 0 Å². The van der Waals surface area contributed by atoms with E-state index < -0.39 is 0 Å². The summed E-state index contributed by atoms with van der Waals surface area (Å²) in [5, 5.41) is 3.77. The Morgan fingerprint density at radius 1 is 0.867 bits per heavy atom. The molecule has 2 fully saturated rings. The fourth-order valence-electron chi connectivity index (χ4n) is 3.32. The van der Waals surface area contributed by atoms with Crippen molar-refractivity contribution in [3.05, 3.63) is 0 Å². The standard InChI is InChI=1S/C13H26N2/c14-9-11-5-4-6-12(11)10-15-13-7-2-1-3-8-13/h11-13,15H,1-10,14H2. The second kappa shape index (κ2) is 5.86. The van der Waals surface area contributed by atoms with Gasteiger partial charge in [0.25, 0.3) is 0 Å². The average Bonchev–Trinajstić information content (AvgIpc) is 2.75. The van der Waals surface area contributed by atoms with Gasteiger partial charge in [-0.05, 0) is 50.6 Å². The van der Waals surface area contributed by atoms with Gasteiger partial charge in [0.1, 0.15) is 0 Å². The van der Waals surface area contributed by atoms with Crippen molar-refractivity contribution < 1.29 is 0 Å². The number of hydrogen-bond donors (Lipinski definition) is 2. The highest BCUT2D eigenvalue weighted by Crippen LogP contribution is 2.30. The first kappa shape index (κ1) is 11.4. The molecule has 3 N–H and O–H groups in total. The van der Waals surface area contributed by atoms with E-state index in [4.69, 9.17) is 5.73 Å². The predicted octanol–water partition coefficient (Wildman–Crippen LogP) is 2.28. The van der Waals surface area contributed by atoms with Gasteiger partial charge in [0.05, 0.1) is 0 Å². The van der Waals surface area contributed by atoms with Crippen molar-refractivity contribution >= 4 is 0 Å². The molecule has 0 spiro atoms. The first-order chi connectivity index (χ1) is 7.40. The molecule has 2 aliphatic rings. The van der Waals surface area contributed by atoms with E-state index in [1.54, 1.807) is 0 Å². The molecule has 0 bridgehead atoms. The van der Waals surface area contributed by atoms with Crippen molar-refractivity contribution in [2.45, 2.75) is 57.4 Å². The smallest absolute Gasteiger partial charge is 0.00671 e. The molecule has 0 amide bonds. The minimum absolute atomic E-state index is 0.807. The summed E-state index contributed by atoms with van der Waals surface area (Å²) in [5.41, 5.74) is 5.81. The molecule has 0 aromatic carbocycles. The molecular formula is C13H26N2. The van der Waals surface area contributed by atoms with E-state index in [9.17, 15) is 0 Å². The molecule has 0 saturated heterocycles. The number of hydrogen-bond acceptors (Lipinski definition) is 2. The second-order valence-corrected chi connectivity index (χ2v) is 5.43. The lowest BCUT2D eigenvalue weighted by molar-refractivity contribution is 0.314. The molecule has 0 radical (unpaired) electrons. The van der Waals surface area contributed by atoms with Crippen LogP contribution in [-0.2, 0) is 0 Å². The molecule has 2 atom stereocenters. The van der Waals surface area contributed by atoms with Crippen molar-refractivity contribution in [1.82, 2.24) is 5.32 Å². The lowest BCUT2D eigenvalue weighted by Gasteiger charge is -2.26. The van der Waals surface area contributed by atoms with Gasteiger partial charge in [0.15, 0.2) is 0 Å². The highest BCUT2D eigenvalue weighted by molar-refractivity contribution is 4.81. The number of rotatable bonds is 4. The molecule has 88 valence electrons. The minimum Gasteiger partial charge on any atom is -0.330 e. The SMILES string of the molecule is NCC1CCCC1CNC1CCCCC1. The summed E-state index contributed by atoms with van der Waals surface area (Å²) < 4.78 is 0. The van der Waals surface area contributed by atoms with Crippen LogP contribution in [0.1, 0.15) is 51.4 Å². The van der Waals surface area contributed by atoms with E-state index in [1.807, 2.05) is 0 Å². The Kier molecular flexibility index (Phi) is 4.45. The highest BCUT2D eigenvalue weighted by Gasteiger charge is 2.26. The molecule has 2 saturated carbocycles. The van der Waals surface area contributed by atoms with Crippen LogP contribution in [0.2, 0.25) is 0 Å². The monoisotopic (exact) mass is 210 g/mol. The Hall–Kier alpha value is -0.0800. The Morgan fingerprint density at radius 3 is 2.33 bits per heavy atom. The lowest BCUT2D eigenvalue weighted by atomic mass is 9.93. The van der Waals surface area contributed by atoms with Crippen LogP contribution < -0.4 is 11.1 Å². The van der Waals surface area contributed by atoms with Gasteiger partial charge >= 0.3 is 0 Å². The summed E-state index contributed by atoms with van der Waals surface area (Å²) in [6.07, 6.45) is 11.3. The number of nitrogens with one attached hydrogen (secondary N) is 1. The van der Waals surface area contributed by atoms with Gasteiger partial charge in [-0.1, -0.05) is 25.7 Å². The van der Waals surface area contributed by atoms with E-state index in [1.165, 1.54) is 57.9 Å². The van der Waals surface area contributed by atoms with E-state index >= 15 is 0 Å². The molecule has 0 heterocycles. The molecule has 0 aromatic rings. The molecule has 2 unspecified atom stereocenters. The zero-order valence-corrected chi connectivity index (χ0v) is 9.88. The molecule has 2 heteroatoms. The van der Waals surface area contributed by atoms with E-state index in [2.05, 4.69) is 5.32 Å². The van der Waals surface area contributed by atoms with E-state index in [0.29, 0.717) is 0 Å². The molecule has 2 nitrogen and oxygen atoms in total.